The lowest BCUT2D eigenvalue weighted by Gasteiger charge is -2.11. The van der Waals surface area contributed by atoms with Crippen LogP contribution in [-0.2, 0) is 9.53 Å². The van der Waals surface area contributed by atoms with E-state index in [-0.39, 0.29) is 23.9 Å². The van der Waals surface area contributed by atoms with Crippen molar-refractivity contribution in [3.8, 4) is 0 Å². The van der Waals surface area contributed by atoms with Crippen LogP contribution in [0.4, 0.5) is 11.5 Å². The molecular weight excluding hydrogens is 336 g/mol. The van der Waals surface area contributed by atoms with E-state index >= 15 is 0 Å². The fourth-order valence-electron chi connectivity index (χ4n) is 2.49. The van der Waals surface area contributed by atoms with Gasteiger partial charge in [-0.2, -0.15) is 20.3 Å². The highest BCUT2D eigenvalue weighted by Crippen LogP contribution is 2.25. The van der Waals surface area contributed by atoms with Gasteiger partial charge in [0.15, 0.2) is 6.04 Å². The highest BCUT2D eigenvalue weighted by atomic mass is 16.5. The van der Waals surface area contributed by atoms with Crippen LogP contribution >= 0.6 is 0 Å². The normalized spacial score (nSPS) is 17.0. The van der Waals surface area contributed by atoms with E-state index in [1.54, 1.807) is 32.9 Å². The predicted octanol–water partition coefficient (Wildman–Crippen LogP) is 2.77. The molecule has 1 aliphatic heterocycles. The molecule has 1 aromatic heterocycles. The van der Waals surface area contributed by atoms with Crippen LogP contribution in [0.5, 0.6) is 0 Å². The molecule has 1 amide bonds. The Morgan fingerprint density at radius 2 is 2.04 bits per heavy atom. The van der Waals surface area contributed by atoms with Gasteiger partial charge in [0.1, 0.15) is 5.56 Å². The van der Waals surface area contributed by atoms with Crippen LogP contribution in [0.1, 0.15) is 29.9 Å². The van der Waals surface area contributed by atoms with Gasteiger partial charge in [0, 0.05) is 5.69 Å². The fourth-order valence-corrected chi connectivity index (χ4v) is 2.49. The summed E-state index contributed by atoms with van der Waals surface area (Å²) in [5, 5.41) is 20.2. The number of carbonyl (C=O) groups excluding carboxylic acids is 2. The Morgan fingerprint density at radius 1 is 1.31 bits per heavy atom. The molecule has 2 heterocycles. The zero-order valence-corrected chi connectivity index (χ0v) is 14.6. The van der Waals surface area contributed by atoms with E-state index in [0.717, 1.165) is 0 Å². The fraction of sp³-hybridized carbons (Fsp3) is 0.294. The number of azo groups is 1. The molecule has 1 aromatic carbocycles. The van der Waals surface area contributed by atoms with E-state index in [2.05, 4.69) is 25.5 Å². The van der Waals surface area contributed by atoms with Gasteiger partial charge in [0.25, 0.3) is 5.91 Å². The summed E-state index contributed by atoms with van der Waals surface area (Å²) in [5.74, 6) is -0.774. The Morgan fingerprint density at radius 3 is 2.73 bits per heavy atom. The van der Waals surface area contributed by atoms with Crippen LogP contribution in [0.3, 0.4) is 0 Å². The first kappa shape index (κ1) is 17.5. The van der Waals surface area contributed by atoms with Crippen LogP contribution < -0.4 is 5.01 Å². The van der Waals surface area contributed by atoms with E-state index in [4.69, 9.17) is 4.74 Å². The van der Waals surface area contributed by atoms with Crippen LogP contribution in [0, 0.1) is 6.92 Å². The Kier molecular flexibility index (Phi) is 4.87. The number of aromatic nitrogens is 2. The summed E-state index contributed by atoms with van der Waals surface area (Å²) in [6.45, 7) is 5.33. The standard InChI is InChI=1S/C17H18N6O3/c1-4-26-17(25)13-10(2)18-20-15(13)21-19-14-11(3)22-23(16(14)24)12-8-6-5-7-9-12/h5-9,14H,4H2,1-3H3,(H,18,20). The summed E-state index contributed by atoms with van der Waals surface area (Å²) in [6, 6.07) is 8.20. The number of aromatic amines is 1. The number of para-hydroxylation sites is 1. The van der Waals surface area contributed by atoms with Gasteiger partial charge >= 0.3 is 5.97 Å². The molecule has 1 aliphatic rings. The summed E-state index contributed by atoms with van der Waals surface area (Å²) < 4.78 is 5.00. The first-order valence-corrected chi connectivity index (χ1v) is 8.10. The third kappa shape index (κ3) is 3.23. The largest absolute Gasteiger partial charge is 0.462 e. The number of hydrogen-bond donors (Lipinski definition) is 1. The number of benzene rings is 1. The van der Waals surface area contributed by atoms with Gasteiger partial charge in [-0.25, -0.2) is 4.79 Å². The Bertz CT molecular complexity index is 887. The molecule has 0 saturated carbocycles. The molecule has 0 spiro atoms. The van der Waals surface area contributed by atoms with Crippen LogP contribution in [-0.4, -0.2) is 40.4 Å². The van der Waals surface area contributed by atoms with Crippen molar-refractivity contribution in [2.75, 3.05) is 11.6 Å². The second kappa shape index (κ2) is 7.26. The lowest BCUT2D eigenvalue weighted by atomic mass is 10.2. The van der Waals surface area contributed by atoms with Gasteiger partial charge in [0.05, 0.1) is 18.0 Å². The van der Waals surface area contributed by atoms with Crippen molar-refractivity contribution >= 4 is 29.1 Å². The van der Waals surface area contributed by atoms with Gasteiger partial charge in [-0.15, -0.1) is 5.11 Å². The smallest absolute Gasteiger partial charge is 0.343 e. The molecule has 1 unspecified atom stereocenters. The van der Waals surface area contributed by atoms with Crippen molar-refractivity contribution in [3.63, 3.8) is 0 Å². The van der Waals surface area contributed by atoms with E-state index < -0.39 is 12.0 Å². The van der Waals surface area contributed by atoms with Crippen LogP contribution in [0.2, 0.25) is 0 Å². The Hall–Kier alpha value is -3.36. The van der Waals surface area contributed by atoms with E-state index in [1.807, 2.05) is 18.2 Å². The van der Waals surface area contributed by atoms with Crippen molar-refractivity contribution in [1.29, 1.82) is 0 Å². The van der Waals surface area contributed by atoms with Crippen molar-refractivity contribution < 1.29 is 14.3 Å². The van der Waals surface area contributed by atoms with Gasteiger partial charge in [-0.05, 0) is 32.9 Å². The highest BCUT2D eigenvalue weighted by molar-refractivity contribution is 6.18. The predicted molar refractivity (Wildman–Crippen MR) is 94.6 cm³/mol. The molecule has 0 bridgehead atoms. The maximum Gasteiger partial charge on any atom is 0.343 e. The van der Waals surface area contributed by atoms with E-state index in [1.165, 1.54) is 5.01 Å². The molecule has 134 valence electrons. The summed E-state index contributed by atoms with van der Waals surface area (Å²) in [4.78, 5) is 24.6. The van der Waals surface area contributed by atoms with E-state index in [0.29, 0.717) is 17.1 Å². The number of hydrogen-bond acceptors (Lipinski definition) is 7. The first-order valence-electron chi connectivity index (χ1n) is 8.10. The average Bonchev–Trinajstić information content (AvgIpc) is 3.14. The maximum atomic E-state index is 12.6. The second-order valence-corrected chi connectivity index (χ2v) is 5.61. The number of aryl methyl sites for hydroxylation is 1. The molecule has 0 radical (unpaired) electrons. The van der Waals surface area contributed by atoms with Gasteiger partial charge in [-0.1, -0.05) is 18.2 Å². The number of nitrogens with one attached hydrogen (secondary N) is 1. The monoisotopic (exact) mass is 354 g/mol. The maximum absolute atomic E-state index is 12.6. The molecule has 9 heteroatoms. The molecular formula is C17H18N6O3. The molecule has 0 saturated heterocycles. The molecule has 0 aliphatic carbocycles. The van der Waals surface area contributed by atoms with Gasteiger partial charge in [0.2, 0.25) is 5.82 Å². The Labute approximate surface area is 149 Å². The second-order valence-electron chi connectivity index (χ2n) is 5.61. The zero-order valence-electron chi connectivity index (χ0n) is 14.6. The highest BCUT2D eigenvalue weighted by Gasteiger charge is 2.35. The molecule has 1 N–H and O–H groups in total. The molecule has 1 atom stereocenters. The minimum absolute atomic E-state index is 0.0831. The number of carbonyl (C=O) groups is 2. The summed E-state index contributed by atoms with van der Waals surface area (Å²) in [5.41, 5.74) is 1.88. The summed E-state index contributed by atoms with van der Waals surface area (Å²) in [6.07, 6.45) is 0. The number of nitrogens with zero attached hydrogens (tertiary/aromatic N) is 5. The Balaban J connectivity index is 1.83. The average molecular weight is 354 g/mol. The molecule has 0 fully saturated rings. The topological polar surface area (TPSA) is 112 Å². The number of esters is 1. The van der Waals surface area contributed by atoms with Crippen molar-refractivity contribution in [1.82, 2.24) is 10.2 Å². The van der Waals surface area contributed by atoms with Gasteiger partial charge in [-0.3, -0.25) is 9.89 Å². The van der Waals surface area contributed by atoms with Gasteiger partial charge < -0.3 is 4.74 Å². The summed E-state index contributed by atoms with van der Waals surface area (Å²) in [7, 11) is 0. The first-order chi connectivity index (χ1) is 12.5. The van der Waals surface area contributed by atoms with Crippen LogP contribution in [0.25, 0.3) is 0 Å². The molecule has 3 rings (SSSR count). The number of rotatable bonds is 5. The molecule has 2 aromatic rings. The quantitative estimate of drug-likeness (QED) is 0.657. The van der Waals surface area contributed by atoms with Crippen molar-refractivity contribution in [2.45, 2.75) is 26.8 Å². The number of amides is 1. The summed E-state index contributed by atoms with van der Waals surface area (Å²) >= 11 is 0. The molecule has 9 nitrogen and oxygen atoms in total. The number of hydrazone groups is 1. The lowest BCUT2D eigenvalue weighted by molar-refractivity contribution is -0.117. The minimum Gasteiger partial charge on any atom is -0.462 e. The third-order valence-corrected chi connectivity index (χ3v) is 3.77. The third-order valence-electron chi connectivity index (χ3n) is 3.77. The van der Waals surface area contributed by atoms with E-state index in [9.17, 15) is 9.59 Å². The van der Waals surface area contributed by atoms with Crippen molar-refractivity contribution in [2.24, 2.45) is 15.3 Å². The molecule has 26 heavy (non-hydrogen) atoms. The van der Waals surface area contributed by atoms with Crippen LogP contribution in [0.15, 0.2) is 45.7 Å². The minimum atomic E-state index is -0.859. The number of H-pyrrole nitrogens is 1. The van der Waals surface area contributed by atoms with Crippen molar-refractivity contribution in [3.05, 3.63) is 41.6 Å². The SMILES string of the molecule is CCOC(=O)c1c(N=NC2C(=O)N(c3ccccc3)N=C2C)n[nH]c1C. The number of ether oxygens (including phenoxy) is 1. The zero-order chi connectivity index (χ0) is 18.7. The lowest BCUT2D eigenvalue weighted by Crippen LogP contribution is -2.29. The number of anilines is 1.